The Bertz CT molecular complexity index is 688. The summed E-state index contributed by atoms with van der Waals surface area (Å²) in [6.07, 6.45) is 2.85. The Labute approximate surface area is 142 Å². The standard InChI is InChI=1S/C19H21ClN2O/c1-22(2)17-10-8-16(9-11-17)21-18(23)19(12-3-13-19)14-4-6-15(20)7-5-14/h4-11H,3,12-13H2,1-2H3,(H,21,23). The molecule has 0 bridgehead atoms. The van der Waals surface area contributed by atoms with E-state index in [4.69, 9.17) is 11.6 Å². The number of amides is 1. The predicted octanol–water partition coefficient (Wildman–Crippen LogP) is 4.47. The van der Waals surface area contributed by atoms with Gasteiger partial charge < -0.3 is 10.2 Å². The minimum atomic E-state index is -0.412. The van der Waals surface area contributed by atoms with Crippen molar-refractivity contribution in [1.82, 2.24) is 0 Å². The van der Waals surface area contributed by atoms with Gasteiger partial charge in [-0.2, -0.15) is 0 Å². The highest BCUT2D eigenvalue weighted by atomic mass is 35.5. The number of rotatable bonds is 4. The largest absolute Gasteiger partial charge is 0.378 e. The van der Waals surface area contributed by atoms with E-state index in [2.05, 4.69) is 5.32 Å². The molecule has 1 aliphatic carbocycles. The number of nitrogens with one attached hydrogen (secondary N) is 1. The second-order valence-electron chi connectivity index (χ2n) is 6.34. The van der Waals surface area contributed by atoms with Crippen LogP contribution >= 0.6 is 11.6 Å². The van der Waals surface area contributed by atoms with Crippen molar-refractivity contribution in [3.05, 3.63) is 59.1 Å². The number of nitrogens with zero attached hydrogens (tertiary/aromatic N) is 1. The van der Waals surface area contributed by atoms with Gasteiger partial charge in [-0.05, 0) is 54.8 Å². The van der Waals surface area contributed by atoms with Crippen molar-refractivity contribution in [2.75, 3.05) is 24.3 Å². The first-order valence-electron chi connectivity index (χ1n) is 7.86. The van der Waals surface area contributed by atoms with Crippen LogP contribution in [-0.4, -0.2) is 20.0 Å². The lowest BCUT2D eigenvalue weighted by atomic mass is 9.64. The number of carbonyl (C=O) groups excluding carboxylic acids is 1. The molecular formula is C19H21ClN2O. The number of halogens is 1. The van der Waals surface area contributed by atoms with Crippen LogP contribution in [0.2, 0.25) is 5.02 Å². The zero-order valence-electron chi connectivity index (χ0n) is 13.5. The van der Waals surface area contributed by atoms with Gasteiger partial charge in [0.1, 0.15) is 0 Å². The summed E-state index contributed by atoms with van der Waals surface area (Å²) in [5.41, 5.74) is 2.58. The number of carbonyl (C=O) groups is 1. The zero-order chi connectivity index (χ0) is 16.4. The molecule has 0 spiro atoms. The van der Waals surface area contributed by atoms with Crippen molar-refractivity contribution in [3.8, 4) is 0 Å². The zero-order valence-corrected chi connectivity index (χ0v) is 14.2. The SMILES string of the molecule is CN(C)c1ccc(NC(=O)C2(c3ccc(Cl)cc3)CCC2)cc1. The Morgan fingerprint density at radius 1 is 1.04 bits per heavy atom. The molecule has 1 aliphatic rings. The first-order valence-corrected chi connectivity index (χ1v) is 8.24. The highest BCUT2D eigenvalue weighted by Crippen LogP contribution is 2.44. The Kier molecular flexibility index (Phi) is 4.31. The van der Waals surface area contributed by atoms with Crippen LogP contribution < -0.4 is 10.2 Å². The first kappa shape index (κ1) is 15.9. The van der Waals surface area contributed by atoms with Gasteiger partial charge in [-0.25, -0.2) is 0 Å². The van der Waals surface area contributed by atoms with Gasteiger partial charge in [-0.1, -0.05) is 30.2 Å². The average Bonchev–Trinajstić information content (AvgIpc) is 2.48. The number of anilines is 2. The molecule has 3 nitrogen and oxygen atoms in total. The fourth-order valence-corrected chi connectivity index (χ4v) is 3.17. The molecule has 1 N–H and O–H groups in total. The molecule has 0 heterocycles. The summed E-state index contributed by atoms with van der Waals surface area (Å²) in [4.78, 5) is 14.9. The van der Waals surface area contributed by atoms with Gasteiger partial charge >= 0.3 is 0 Å². The lowest BCUT2D eigenvalue weighted by Crippen LogP contribution is -2.45. The van der Waals surface area contributed by atoms with Crippen molar-refractivity contribution in [2.24, 2.45) is 0 Å². The summed E-state index contributed by atoms with van der Waals surface area (Å²) in [5.74, 6) is 0.0728. The molecule has 0 aliphatic heterocycles. The predicted molar refractivity (Wildman–Crippen MR) is 96.4 cm³/mol. The maximum Gasteiger partial charge on any atom is 0.235 e. The van der Waals surface area contributed by atoms with E-state index < -0.39 is 5.41 Å². The summed E-state index contributed by atoms with van der Waals surface area (Å²) in [6, 6.07) is 15.6. The Morgan fingerprint density at radius 2 is 1.65 bits per heavy atom. The minimum absolute atomic E-state index is 0.0728. The van der Waals surface area contributed by atoms with Gasteiger partial charge in [0, 0.05) is 30.5 Å². The van der Waals surface area contributed by atoms with Gasteiger partial charge in [0.2, 0.25) is 5.91 Å². The van der Waals surface area contributed by atoms with E-state index in [1.807, 2.05) is 67.5 Å². The van der Waals surface area contributed by atoms with Crippen LogP contribution in [0.3, 0.4) is 0 Å². The molecule has 0 atom stereocenters. The number of hydrogen-bond donors (Lipinski definition) is 1. The van der Waals surface area contributed by atoms with Crippen LogP contribution in [0.5, 0.6) is 0 Å². The quantitative estimate of drug-likeness (QED) is 0.898. The van der Waals surface area contributed by atoms with E-state index >= 15 is 0 Å². The van der Waals surface area contributed by atoms with Gasteiger partial charge in [-0.15, -0.1) is 0 Å². The molecule has 1 amide bonds. The van der Waals surface area contributed by atoms with Gasteiger partial charge in [-0.3, -0.25) is 4.79 Å². The van der Waals surface area contributed by atoms with Crippen molar-refractivity contribution in [2.45, 2.75) is 24.7 Å². The molecule has 4 heteroatoms. The number of hydrogen-bond acceptors (Lipinski definition) is 2. The Hall–Kier alpha value is -2.00. The minimum Gasteiger partial charge on any atom is -0.378 e. The van der Waals surface area contributed by atoms with Crippen molar-refractivity contribution in [1.29, 1.82) is 0 Å². The van der Waals surface area contributed by atoms with E-state index in [-0.39, 0.29) is 5.91 Å². The normalized spacial score (nSPS) is 15.6. The molecular weight excluding hydrogens is 308 g/mol. The van der Waals surface area contributed by atoms with E-state index in [9.17, 15) is 4.79 Å². The summed E-state index contributed by atoms with van der Waals surface area (Å²) in [6.45, 7) is 0. The summed E-state index contributed by atoms with van der Waals surface area (Å²) in [7, 11) is 3.99. The molecule has 1 fully saturated rings. The average molecular weight is 329 g/mol. The van der Waals surface area contributed by atoms with E-state index in [0.717, 1.165) is 36.2 Å². The van der Waals surface area contributed by atoms with Crippen LogP contribution in [0.25, 0.3) is 0 Å². The summed E-state index contributed by atoms with van der Waals surface area (Å²) < 4.78 is 0. The van der Waals surface area contributed by atoms with Crippen molar-refractivity contribution in [3.63, 3.8) is 0 Å². The first-order chi connectivity index (χ1) is 11.0. The van der Waals surface area contributed by atoms with Crippen LogP contribution in [0.15, 0.2) is 48.5 Å². The van der Waals surface area contributed by atoms with Gasteiger partial charge in [0.25, 0.3) is 0 Å². The molecule has 2 aromatic carbocycles. The van der Waals surface area contributed by atoms with Gasteiger partial charge in [0.05, 0.1) is 5.41 Å². The maximum atomic E-state index is 12.9. The smallest absolute Gasteiger partial charge is 0.235 e. The monoisotopic (exact) mass is 328 g/mol. The van der Waals surface area contributed by atoms with Crippen molar-refractivity contribution < 1.29 is 4.79 Å². The molecule has 1 saturated carbocycles. The third kappa shape index (κ3) is 3.06. The molecule has 0 unspecified atom stereocenters. The molecule has 0 saturated heterocycles. The molecule has 3 rings (SSSR count). The van der Waals surface area contributed by atoms with Crippen LogP contribution in [0.4, 0.5) is 11.4 Å². The third-order valence-corrected chi connectivity index (χ3v) is 4.93. The Morgan fingerprint density at radius 3 is 2.13 bits per heavy atom. The van der Waals surface area contributed by atoms with Crippen LogP contribution in [0.1, 0.15) is 24.8 Å². The highest BCUT2D eigenvalue weighted by molar-refractivity contribution is 6.30. The second kappa shape index (κ2) is 6.25. The third-order valence-electron chi connectivity index (χ3n) is 4.68. The number of benzene rings is 2. The Balaban J connectivity index is 1.79. The topological polar surface area (TPSA) is 32.3 Å². The van der Waals surface area contributed by atoms with E-state index in [0.29, 0.717) is 5.02 Å². The maximum absolute atomic E-state index is 12.9. The fraction of sp³-hybridized carbons (Fsp3) is 0.316. The fourth-order valence-electron chi connectivity index (χ4n) is 3.04. The van der Waals surface area contributed by atoms with E-state index in [1.165, 1.54) is 0 Å². The van der Waals surface area contributed by atoms with E-state index in [1.54, 1.807) is 0 Å². The lowest BCUT2D eigenvalue weighted by Gasteiger charge is -2.40. The van der Waals surface area contributed by atoms with Gasteiger partial charge in [0.15, 0.2) is 0 Å². The highest BCUT2D eigenvalue weighted by Gasteiger charge is 2.45. The second-order valence-corrected chi connectivity index (χ2v) is 6.77. The molecule has 2 aromatic rings. The van der Waals surface area contributed by atoms with Crippen LogP contribution in [-0.2, 0) is 10.2 Å². The lowest BCUT2D eigenvalue weighted by molar-refractivity contribution is -0.124. The molecule has 120 valence electrons. The van der Waals surface area contributed by atoms with Crippen LogP contribution in [0, 0.1) is 0 Å². The molecule has 0 radical (unpaired) electrons. The van der Waals surface area contributed by atoms with Crippen molar-refractivity contribution >= 4 is 28.9 Å². The molecule has 0 aromatic heterocycles. The molecule has 23 heavy (non-hydrogen) atoms. The summed E-state index contributed by atoms with van der Waals surface area (Å²) in [5, 5.41) is 3.77. The summed E-state index contributed by atoms with van der Waals surface area (Å²) >= 11 is 5.97.